The molecule has 1 atom stereocenters. The molecule has 0 saturated carbocycles. The number of anilines is 1. The standard InChI is InChI=1S/C19H18F2N2O5/c1-10-16(19(26)27)8-14(28-10)9-22(2)17(24)15-3-4-23(18(15)25)13-6-11(20)5-12(21)7-13/h5-8,15H,3-4,9H2,1-2H3,(H,26,27)/t15-/m0/s1. The summed E-state index contributed by atoms with van der Waals surface area (Å²) in [6.45, 7) is 1.66. The van der Waals surface area contributed by atoms with E-state index in [4.69, 9.17) is 9.52 Å². The first-order valence-corrected chi connectivity index (χ1v) is 8.52. The normalized spacial score (nSPS) is 16.5. The third kappa shape index (κ3) is 3.73. The SMILES string of the molecule is Cc1oc(CN(C)C(=O)[C@@H]2CCN(c3cc(F)cc(F)c3)C2=O)cc1C(=O)O. The van der Waals surface area contributed by atoms with Crippen molar-refractivity contribution >= 4 is 23.5 Å². The first-order chi connectivity index (χ1) is 13.2. The molecule has 0 spiro atoms. The number of carboxylic acids is 1. The summed E-state index contributed by atoms with van der Waals surface area (Å²) in [5, 5.41) is 9.06. The molecule has 0 aliphatic carbocycles. The van der Waals surface area contributed by atoms with Crippen LogP contribution in [0, 0.1) is 24.5 Å². The van der Waals surface area contributed by atoms with Gasteiger partial charge in [-0.05, 0) is 31.5 Å². The first-order valence-electron chi connectivity index (χ1n) is 8.52. The molecule has 1 saturated heterocycles. The van der Waals surface area contributed by atoms with Crippen molar-refractivity contribution in [3.05, 3.63) is 53.0 Å². The molecule has 1 aromatic heterocycles. The van der Waals surface area contributed by atoms with Gasteiger partial charge in [-0.3, -0.25) is 9.59 Å². The van der Waals surface area contributed by atoms with E-state index in [-0.39, 0.29) is 42.3 Å². The van der Waals surface area contributed by atoms with Gasteiger partial charge in [-0.25, -0.2) is 13.6 Å². The number of aromatic carboxylic acids is 1. The van der Waals surface area contributed by atoms with Crippen molar-refractivity contribution in [3.8, 4) is 0 Å². The lowest BCUT2D eigenvalue weighted by atomic mass is 10.1. The van der Waals surface area contributed by atoms with Crippen molar-refractivity contribution < 1.29 is 32.7 Å². The number of furan rings is 1. The van der Waals surface area contributed by atoms with Gasteiger partial charge in [0.25, 0.3) is 0 Å². The van der Waals surface area contributed by atoms with Gasteiger partial charge in [-0.2, -0.15) is 0 Å². The Morgan fingerprint density at radius 1 is 1.25 bits per heavy atom. The fourth-order valence-electron chi connectivity index (χ4n) is 3.27. The van der Waals surface area contributed by atoms with Gasteiger partial charge in [0, 0.05) is 25.3 Å². The highest BCUT2D eigenvalue weighted by Crippen LogP contribution is 2.28. The maximum Gasteiger partial charge on any atom is 0.339 e. The van der Waals surface area contributed by atoms with Crippen LogP contribution in [0.1, 0.15) is 28.3 Å². The molecule has 2 amide bonds. The van der Waals surface area contributed by atoms with E-state index < -0.39 is 35.3 Å². The molecule has 1 aliphatic rings. The number of hydrogen-bond donors (Lipinski definition) is 1. The first kappa shape index (κ1) is 19.5. The Kier molecular flexibility index (Phi) is 5.17. The van der Waals surface area contributed by atoms with Crippen LogP contribution < -0.4 is 4.90 Å². The lowest BCUT2D eigenvalue weighted by Gasteiger charge is -2.20. The molecule has 0 radical (unpaired) electrons. The van der Waals surface area contributed by atoms with E-state index >= 15 is 0 Å². The summed E-state index contributed by atoms with van der Waals surface area (Å²) in [6, 6.07) is 4.12. The zero-order valence-corrected chi connectivity index (χ0v) is 15.2. The number of halogens is 2. The monoisotopic (exact) mass is 392 g/mol. The molecule has 1 fully saturated rings. The molecule has 2 aromatic rings. The number of amides is 2. The molecular weight excluding hydrogens is 374 g/mol. The van der Waals surface area contributed by atoms with E-state index in [1.54, 1.807) is 0 Å². The highest BCUT2D eigenvalue weighted by Gasteiger charge is 2.39. The third-order valence-electron chi connectivity index (χ3n) is 4.63. The number of benzene rings is 1. The van der Waals surface area contributed by atoms with E-state index in [9.17, 15) is 23.2 Å². The van der Waals surface area contributed by atoms with Crippen LogP contribution in [-0.4, -0.2) is 41.4 Å². The van der Waals surface area contributed by atoms with E-state index in [0.29, 0.717) is 6.07 Å². The van der Waals surface area contributed by atoms with Crippen LogP contribution in [0.4, 0.5) is 14.5 Å². The fourth-order valence-corrected chi connectivity index (χ4v) is 3.27. The molecule has 3 rings (SSSR count). The summed E-state index contributed by atoms with van der Waals surface area (Å²) in [4.78, 5) is 38.8. The van der Waals surface area contributed by atoms with Gasteiger partial charge in [-0.1, -0.05) is 0 Å². The highest BCUT2D eigenvalue weighted by atomic mass is 19.1. The lowest BCUT2D eigenvalue weighted by Crippen LogP contribution is -2.37. The average molecular weight is 392 g/mol. The number of aryl methyl sites for hydroxylation is 1. The van der Waals surface area contributed by atoms with E-state index in [1.807, 2.05) is 0 Å². The lowest BCUT2D eigenvalue weighted by molar-refractivity contribution is -0.139. The van der Waals surface area contributed by atoms with Crippen molar-refractivity contribution in [1.29, 1.82) is 0 Å². The second-order valence-electron chi connectivity index (χ2n) is 6.64. The molecule has 1 aromatic carbocycles. The molecule has 1 aliphatic heterocycles. The van der Waals surface area contributed by atoms with Gasteiger partial charge in [0.15, 0.2) is 0 Å². The summed E-state index contributed by atoms with van der Waals surface area (Å²) in [7, 11) is 1.47. The topological polar surface area (TPSA) is 91.1 Å². The van der Waals surface area contributed by atoms with Crippen LogP contribution in [0.5, 0.6) is 0 Å². The number of carbonyl (C=O) groups is 3. The zero-order valence-electron chi connectivity index (χ0n) is 15.2. The molecular formula is C19H18F2N2O5. The van der Waals surface area contributed by atoms with Gasteiger partial charge in [0.05, 0.1) is 6.54 Å². The number of nitrogens with zero attached hydrogens (tertiary/aromatic N) is 2. The quantitative estimate of drug-likeness (QED) is 0.790. The molecule has 9 heteroatoms. The van der Waals surface area contributed by atoms with Crippen molar-refractivity contribution in [2.75, 3.05) is 18.5 Å². The van der Waals surface area contributed by atoms with E-state index in [0.717, 1.165) is 12.1 Å². The molecule has 2 heterocycles. The Morgan fingerprint density at radius 2 is 1.89 bits per heavy atom. The third-order valence-corrected chi connectivity index (χ3v) is 4.63. The minimum atomic E-state index is -1.13. The molecule has 0 bridgehead atoms. The maximum absolute atomic E-state index is 13.4. The number of carbonyl (C=O) groups excluding carboxylic acids is 2. The van der Waals surface area contributed by atoms with E-state index in [2.05, 4.69) is 0 Å². The minimum absolute atomic E-state index is 0.00657. The van der Waals surface area contributed by atoms with Gasteiger partial charge in [0.1, 0.15) is 34.6 Å². The largest absolute Gasteiger partial charge is 0.478 e. The molecule has 0 unspecified atom stereocenters. The Bertz CT molecular complexity index is 936. The molecule has 7 nitrogen and oxygen atoms in total. The minimum Gasteiger partial charge on any atom is -0.478 e. The van der Waals surface area contributed by atoms with Gasteiger partial charge in [-0.15, -0.1) is 0 Å². The second kappa shape index (κ2) is 7.41. The molecule has 28 heavy (non-hydrogen) atoms. The van der Waals surface area contributed by atoms with Crippen molar-refractivity contribution in [3.63, 3.8) is 0 Å². The number of rotatable bonds is 5. The van der Waals surface area contributed by atoms with Crippen molar-refractivity contribution in [1.82, 2.24) is 4.90 Å². The second-order valence-corrected chi connectivity index (χ2v) is 6.64. The Hall–Kier alpha value is -3.23. The van der Waals surface area contributed by atoms with Gasteiger partial charge < -0.3 is 19.3 Å². The van der Waals surface area contributed by atoms with Crippen LogP contribution >= 0.6 is 0 Å². The molecule has 148 valence electrons. The smallest absolute Gasteiger partial charge is 0.339 e. The fraction of sp³-hybridized carbons (Fsp3) is 0.316. The van der Waals surface area contributed by atoms with Gasteiger partial charge >= 0.3 is 5.97 Å². The number of carboxylic acid groups (broad SMARTS) is 1. The Labute approximate surface area is 159 Å². The van der Waals surface area contributed by atoms with Crippen molar-refractivity contribution in [2.45, 2.75) is 19.9 Å². The van der Waals surface area contributed by atoms with Crippen LogP contribution in [0.15, 0.2) is 28.7 Å². The van der Waals surface area contributed by atoms with Crippen LogP contribution in [-0.2, 0) is 16.1 Å². The predicted molar refractivity (Wildman–Crippen MR) is 93.7 cm³/mol. The van der Waals surface area contributed by atoms with Crippen LogP contribution in [0.3, 0.4) is 0 Å². The Morgan fingerprint density at radius 3 is 2.46 bits per heavy atom. The Balaban J connectivity index is 1.71. The average Bonchev–Trinajstić information content (AvgIpc) is 3.16. The van der Waals surface area contributed by atoms with Crippen molar-refractivity contribution in [2.24, 2.45) is 5.92 Å². The predicted octanol–water partition coefficient (Wildman–Crippen LogP) is 2.58. The van der Waals surface area contributed by atoms with Gasteiger partial charge in [0.2, 0.25) is 11.8 Å². The zero-order chi connectivity index (χ0) is 20.6. The number of hydrogen-bond acceptors (Lipinski definition) is 4. The summed E-state index contributed by atoms with van der Waals surface area (Å²) in [5.41, 5.74) is 0.0697. The van der Waals surface area contributed by atoms with Crippen LogP contribution in [0.25, 0.3) is 0 Å². The summed E-state index contributed by atoms with van der Waals surface area (Å²) in [6.07, 6.45) is 0.206. The molecule has 1 N–H and O–H groups in total. The summed E-state index contributed by atoms with van der Waals surface area (Å²) in [5.74, 6) is -4.25. The van der Waals surface area contributed by atoms with Crippen LogP contribution in [0.2, 0.25) is 0 Å². The maximum atomic E-state index is 13.4. The summed E-state index contributed by atoms with van der Waals surface area (Å²) < 4.78 is 32.2. The summed E-state index contributed by atoms with van der Waals surface area (Å²) >= 11 is 0. The van der Waals surface area contributed by atoms with E-state index in [1.165, 1.54) is 29.8 Å². The highest BCUT2D eigenvalue weighted by molar-refractivity contribution is 6.09.